The second-order valence-corrected chi connectivity index (χ2v) is 7.48. The SMILES string of the molecule is CCCCCNC(=O)C(C)NS(=O)(=O)c1cc(Cl)ccc1OCC. The predicted octanol–water partition coefficient (Wildman–Crippen LogP) is 2.71. The van der Waals surface area contributed by atoms with Crippen LogP contribution < -0.4 is 14.8 Å². The zero-order valence-corrected chi connectivity index (χ0v) is 15.8. The van der Waals surface area contributed by atoms with Gasteiger partial charge in [0.25, 0.3) is 0 Å². The van der Waals surface area contributed by atoms with Crippen molar-refractivity contribution in [2.45, 2.75) is 51.0 Å². The molecule has 0 heterocycles. The lowest BCUT2D eigenvalue weighted by molar-refractivity contribution is -0.122. The van der Waals surface area contributed by atoms with Gasteiger partial charge in [-0.3, -0.25) is 4.79 Å². The number of halogens is 1. The van der Waals surface area contributed by atoms with E-state index >= 15 is 0 Å². The predicted molar refractivity (Wildman–Crippen MR) is 94.9 cm³/mol. The lowest BCUT2D eigenvalue weighted by Crippen LogP contribution is -2.45. The Morgan fingerprint density at radius 1 is 1.29 bits per heavy atom. The third-order valence-electron chi connectivity index (χ3n) is 3.30. The Balaban J connectivity index is 2.82. The summed E-state index contributed by atoms with van der Waals surface area (Å²) in [6, 6.07) is 3.46. The monoisotopic (exact) mass is 376 g/mol. The Bertz CT molecular complexity index is 649. The van der Waals surface area contributed by atoms with Gasteiger partial charge >= 0.3 is 0 Å². The average Bonchev–Trinajstić information content (AvgIpc) is 2.52. The highest BCUT2D eigenvalue weighted by Gasteiger charge is 2.25. The molecule has 0 spiro atoms. The van der Waals surface area contributed by atoms with Crippen LogP contribution in [0.5, 0.6) is 5.75 Å². The Morgan fingerprint density at radius 3 is 2.62 bits per heavy atom. The number of rotatable bonds is 10. The van der Waals surface area contributed by atoms with Crippen molar-refractivity contribution in [1.82, 2.24) is 10.0 Å². The minimum absolute atomic E-state index is 0.0810. The molecule has 0 bridgehead atoms. The molecule has 0 saturated carbocycles. The van der Waals surface area contributed by atoms with Gasteiger partial charge in [-0.15, -0.1) is 0 Å². The van der Waals surface area contributed by atoms with Crippen LogP contribution in [0.25, 0.3) is 0 Å². The van der Waals surface area contributed by atoms with Gasteiger partial charge in [0.15, 0.2) is 0 Å². The van der Waals surface area contributed by atoms with E-state index in [0.29, 0.717) is 13.2 Å². The molecule has 8 heteroatoms. The van der Waals surface area contributed by atoms with Crippen molar-refractivity contribution in [2.24, 2.45) is 0 Å². The molecule has 1 amide bonds. The summed E-state index contributed by atoms with van der Waals surface area (Å²) in [6.45, 7) is 6.17. The van der Waals surface area contributed by atoms with Crippen LogP contribution in [0, 0.1) is 0 Å². The second kappa shape index (κ2) is 9.86. The van der Waals surface area contributed by atoms with Gasteiger partial charge in [0.1, 0.15) is 10.6 Å². The lowest BCUT2D eigenvalue weighted by Gasteiger charge is -2.16. The first kappa shape index (κ1) is 20.7. The molecule has 1 rings (SSSR count). The van der Waals surface area contributed by atoms with Crippen LogP contribution >= 0.6 is 11.6 Å². The normalized spacial score (nSPS) is 12.7. The van der Waals surface area contributed by atoms with E-state index < -0.39 is 16.1 Å². The number of carbonyl (C=O) groups excluding carboxylic acids is 1. The van der Waals surface area contributed by atoms with Crippen molar-refractivity contribution in [2.75, 3.05) is 13.2 Å². The zero-order chi connectivity index (χ0) is 18.2. The fourth-order valence-corrected chi connectivity index (χ4v) is 3.67. The number of sulfonamides is 1. The average molecular weight is 377 g/mol. The Hall–Kier alpha value is -1.31. The second-order valence-electron chi connectivity index (χ2n) is 5.37. The molecular formula is C16H25ClN2O4S. The van der Waals surface area contributed by atoms with E-state index in [9.17, 15) is 13.2 Å². The van der Waals surface area contributed by atoms with Crippen LogP contribution in [0.15, 0.2) is 23.1 Å². The summed E-state index contributed by atoms with van der Waals surface area (Å²) < 4.78 is 32.8. The van der Waals surface area contributed by atoms with E-state index in [1.165, 1.54) is 19.1 Å². The topological polar surface area (TPSA) is 84.5 Å². The Kier molecular flexibility index (Phi) is 8.52. The van der Waals surface area contributed by atoms with Gasteiger partial charge < -0.3 is 10.1 Å². The van der Waals surface area contributed by atoms with Crippen LogP contribution in [0.2, 0.25) is 5.02 Å². The molecule has 0 aliphatic rings. The van der Waals surface area contributed by atoms with Gasteiger partial charge in [-0.2, -0.15) is 4.72 Å². The highest BCUT2D eigenvalue weighted by atomic mass is 35.5. The maximum atomic E-state index is 12.5. The van der Waals surface area contributed by atoms with Crippen LogP contribution in [0.1, 0.15) is 40.0 Å². The summed E-state index contributed by atoms with van der Waals surface area (Å²) in [5.74, 6) is -0.167. The number of nitrogens with one attached hydrogen (secondary N) is 2. The van der Waals surface area contributed by atoms with E-state index in [2.05, 4.69) is 17.0 Å². The summed E-state index contributed by atoms with van der Waals surface area (Å²) in [4.78, 5) is 11.9. The standard InChI is InChI=1S/C16H25ClN2O4S/c1-4-6-7-10-18-16(20)12(3)19-24(21,22)15-11-13(17)8-9-14(15)23-5-2/h8-9,11-12,19H,4-7,10H2,1-3H3,(H,18,20). The first-order valence-electron chi connectivity index (χ1n) is 8.04. The summed E-state index contributed by atoms with van der Waals surface area (Å²) in [5.41, 5.74) is 0. The van der Waals surface area contributed by atoms with Gasteiger partial charge in [-0.1, -0.05) is 31.4 Å². The maximum Gasteiger partial charge on any atom is 0.245 e. The van der Waals surface area contributed by atoms with Crippen molar-refractivity contribution < 1.29 is 17.9 Å². The molecular weight excluding hydrogens is 352 g/mol. The molecule has 1 aromatic carbocycles. The molecule has 0 aliphatic carbocycles. The number of unbranched alkanes of at least 4 members (excludes halogenated alkanes) is 2. The number of benzene rings is 1. The van der Waals surface area contributed by atoms with Gasteiger partial charge in [0, 0.05) is 11.6 Å². The van der Waals surface area contributed by atoms with E-state index in [-0.39, 0.29) is 21.6 Å². The van der Waals surface area contributed by atoms with Crippen LogP contribution in [0.3, 0.4) is 0 Å². The fraction of sp³-hybridized carbons (Fsp3) is 0.562. The number of ether oxygens (including phenoxy) is 1. The first-order chi connectivity index (χ1) is 11.3. The van der Waals surface area contributed by atoms with Crippen molar-refractivity contribution in [1.29, 1.82) is 0 Å². The smallest absolute Gasteiger partial charge is 0.245 e. The van der Waals surface area contributed by atoms with Crippen LogP contribution in [-0.4, -0.2) is 33.5 Å². The van der Waals surface area contributed by atoms with Gasteiger partial charge in [0.05, 0.1) is 12.6 Å². The third kappa shape index (κ3) is 6.30. The Morgan fingerprint density at radius 2 is 2.00 bits per heavy atom. The molecule has 0 saturated heterocycles. The first-order valence-corrected chi connectivity index (χ1v) is 9.90. The zero-order valence-electron chi connectivity index (χ0n) is 14.3. The van der Waals surface area contributed by atoms with Crippen molar-refractivity contribution >= 4 is 27.5 Å². The van der Waals surface area contributed by atoms with Gasteiger partial charge in [0.2, 0.25) is 15.9 Å². The summed E-state index contributed by atoms with van der Waals surface area (Å²) in [6.07, 6.45) is 2.93. The lowest BCUT2D eigenvalue weighted by atomic mass is 10.2. The largest absolute Gasteiger partial charge is 0.492 e. The number of hydrogen-bond donors (Lipinski definition) is 2. The molecule has 1 unspecified atom stereocenters. The Labute approximate surface area is 149 Å². The molecule has 2 N–H and O–H groups in total. The number of carbonyl (C=O) groups is 1. The van der Waals surface area contributed by atoms with E-state index in [0.717, 1.165) is 19.3 Å². The molecule has 0 radical (unpaired) electrons. The third-order valence-corrected chi connectivity index (χ3v) is 5.10. The minimum Gasteiger partial charge on any atom is -0.492 e. The van der Waals surface area contributed by atoms with Crippen LogP contribution in [-0.2, 0) is 14.8 Å². The molecule has 0 aromatic heterocycles. The van der Waals surface area contributed by atoms with E-state index in [1.807, 2.05) is 0 Å². The molecule has 6 nitrogen and oxygen atoms in total. The van der Waals surface area contributed by atoms with Crippen molar-refractivity contribution in [3.8, 4) is 5.75 Å². The molecule has 1 atom stereocenters. The fourth-order valence-electron chi connectivity index (χ4n) is 2.06. The summed E-state index contributed by atoms with van der Waals surface area (Å²) in [7, 11) is -3.94. The molecule has 24 heavy (non-hydrogen) atoms. The van der Waals surface area contributed by atoms with Gasteiger partial charge in [-0.05, 0) is 38.5 Å². The van der Waals surface area contributed by atoms with Crippen molar-refractivity contribution in [3.05, 3.63) is 23.2 Å². The summed E-state index contributed by atoms with van der Waals surface area (Å²) in [5, 5.41) is 2.99. The van der Waals surface area contributed by atoms with Gasteiger partial charge in [-0.25, -0.2) is 8.42 Å². The number of amides is 1. The molecule has 0 fully saturated rings. The maximum absolute atomic E-state index is 12.5. The highest BCUT2D eigenvalue weighted by Crippen LogP contribution is 2.27. The number of hydrogen-bond acceptors (Lipinski definition) is 4. The molecule has 0 aliphatic heterocycles. The minimum atomic E-state index is -3.94. The quantitative estimate of drug-likeness (QED) is 0.615. The molecule has 1 aromatic rings. The van der Waals surface area contributed by atoms with E-state index in [1.54, 1.807) is 13.0 Å². The van der Waals surface area contributed by atoms with Crippen LogP contribution in [0.4, 0.5) is 0 Å². The van der Waals surface area contributed by atoms with Crippen molar-refractivity contribution in [3.63, 3.8) is 0 Å². The highest BCUT2D eigenvalue weighted by molar-refractivity contribution is 7.89. The molecule has 136 valence electrons. The summed E-state index contributed by atoms with van der Waals surface area (Å²) >= 11 is 5.89. The van der Waals surface area contributed by atoms with E-state index in [4.69, 9.17) is 16.3 Å².